The molecule has 1 heterocycles. The Morgan fingerprint density at radius 3 is 2.89 bits per heavy atom. The Bertz CT molecular complexity index is 594. The Hall–Kier alpha value is -1.07. The SMILES string of the molecule is CCCN(C)C(=O)c1sc2cc(Br)ccc2c1N. The van der Waals surface area contributed by atoms with Crippen molar-refractivity contribution < 1.29 is 4.79 Å². The van der Waals surface area contributed by atoms with E-state index in [1.54, 1.807) is 4.90 Å². The molecule has 0 unspecified atom stereocenters. The first kappa shape index (κ1) is 13.4. The zero-order valence-electron chi connectivity index (χ0n) is 10.4. The van der Waals surface area contributed by atoms with Crippen LogP contribution in [-0.4, -0.2) is 24.4 Å². The lowest BCUT2D eigenvalue weighted by Gasteiger charge is -2.15. The normalized spacial score (nSPS) is 10.8. The van der Waals surface area contributed by atoms with E-state index in [4.69, 9.17) is 5.73 Å². The van der Waals surface area contributed by atoms with Crippen molar-refractivity contribution in [2.75, 3.05) is 19.3 Å². The molecule has 0 spiro atoms. The number of hydrogen-bond acceptors (Lipinski definition) is 3. The van der Waals surface area contributed by atoms with Crippen LogP contribution < -0.4 is 5.73 Å². The molecule has 0 fully saturated rings. The monoisotopic (exact) mass is 326 g/mol. The predicted molar refractivity (Wildman–Crippen MR) is 81.2 cm³/mol. The number of carbonyl (C=O) groups excluding carboxylic acids is 1. The Balaban J connectivity index is 2.45. The van der Waals surface area contributed by atoms with Crippen molar-refractivity contribution >= 4 is 48.9 Å². The van der Waals surface area contributed by atoms with Crippen LogP contribution in [-0.2, 0) is 0 Å². The van der Waals surface area contributed by atoms with Crippen LogP contribution in [0, 0.1) is 0 Å². The summed E-state index contributed by atoms with van der Waals surface area (Å²) in [5.74, 6) is 0.00618. The number of amides is 1. The second kappa shape index (κ2) is 5.28. The number of halogens is 1. The molecule has 5 heteroatoms. The molecule has 0 aliphatic heterocycles. The van der Waals surface area contributed by atoms with Crippen LogP contribution in [0.1, 0.15) is 23.0 Å². The summed E-state index contributed by atoms with van der Waals surface area (Å²) in [6.45, 7) is 2.80. The molecule has 0 aliphatic carbocycles. The molecule has 1 aromatic heterocycles. The van der Waals surface area contributed by atoms with Crippen molar-refractivity contribution in [3.05, 3.63) is 27.5 Å². The van der Waals surface area contributed by atoms with Gasteiger partial charge < -0.3 is 10.6 Å². The fourth-order valence-corrected chi connectivity index (χ4v) is 3.53. The lowest BCUT2D eigenvalue weighted by atomic mass is 10.2. The first-order valence-electron chi connectivity index (χ1n) is 5.77. The van der Waals surface area contributed by atoms with Gasteiger partial charge >= 0.3 is 0 Å². The van der Waals surface area contributed by atoms with Crippen molar-refractivity contribution in [1.82, 2.24) is 4.90 Å². The maximum Gasteiger partial charge on any atom is 0.265 e. The molecule has 0 radical (unpaired) electrons. The van der Waals surface area contributed by atoms with Gasteiger partial charge in [0.2, 0.25) is 0 Å². The third-order valence-electron chi connectivity index (χ3n) is 2.79. The summed E-state index contributed by atoms with van der Waals surface area (Å²) in [5, 5.41) is 0.955. The van der Waals surface area contributed by atoms with E-state index in [2.05, 4.69) is 22.9 Å². The van der Waals surface area contributed by atoms with Gasteiger partial charge in [0.05, 0.1) is 5.69 Å². The molecule has 0 atom stereocenters. The van der Waals surface area contributed by atoms with E-state index < -0.39 is 0 Å². The van der Waals surface area contributed by atoms with Gasteiger partial charge in [-0.15, -0.1) is 11.3 Å². The summed E-state index contributed by atoms with van der Waals surface area (Å²) in [5.41, 5.74) is 6.66. The number of nitrogens with two attached hydrogens (primary N) is 1. The molecule has 1 amide bonds. The minimum atomic E-state index is 0.00618. The van der Waals surface area contributed by atoms with E-state index in [0.29, 0.717) is 10.6 Å². The number of nitrogens with zero attached hydrogens (tertiary/aromatic N) is 1. The summed E-state index contributed by atoms with van der Waals surface area (Å²) >= 11 is 4.88. The average Bonchev–Trinajstić information content (AvgIpc) is 2.65. The summed E-state index contributed by atoms with van der Waals surface area (Å²) in [6.07, 6.45) is 0.943. The molecule has 0 saturated carbocycles. The topological polar surface area (TPSA) is 46.3 Å². The minimum absolute atomic E-state index is 0.00618. The van der Waals surface area contributed by atoms with Gasteiger partial charge in [-0.05, 0) is 18.6 Å². The fraction of sp³-hybridized carbons (Fsp3) is 0.308. The number of nitrogen functional groups attached to an aromatic ring is 1. The molecule has 0 bridgehead atoms. The molecule has 3 nitrogen and oxygen atoms in total. The van der Waals surface area contributed by atoms with Crippen LogP contribution in [0.3, 0.4) is 0 Å². The van der Waals surface area contributed by atoms with E-state index in [9.17, 15) is 4.79 Å². The first-order valence-corrected chi connectivity index (χ1v) is 7.38. The van der Waals surface area contributed by atoms with E-state index in [-0.39, 0.29) is 5.91 Å². The smallest absolute Gasteiger partial charge is 0.265 e. The molecule has 1 aromatic carbocycles. The third kappa shape index (κ3) is 2.37. The molecule has 18 heavy (non-hydrogen) atoms. The first-order chi connectivity index (χ1) is 8.54. The number of anilines is 1. The van der Waals surface area contributed by atoms with Crippen molar-refractivity contribution in [2.24, 2.45) is 0 Å². The molecule has 2 N–H and O–H groups in total. The molecule has 96 valence electrons. The van der Waals surface area contributed by atoms with Gasteiger partial charge in [0.15, 0.2) is 0 Å². The van der Waals surface area contributed by atoms with Crippen molar-refractivity contribution in [3.8, 4) is 0 Å². The highest BCUT2D eigenvalue weighted by Crippen LogP contribution is 2.35. The lowest BCUT2D eigenvalue weighted by Crippen LogP contribution is -2.27. The van der Waals surface area contributed by atoms with Crippen molar-refractivity contribution in [3.63, 3.8) is 0 Å². The van der Waals surface area contributed by atoms with Crippen LogP contribution in [0.2, 0.25) is 0 Å². The standard InChI is InChI=1S/C13H15BrN2OS/c1-3-6-16(2)13(17)12-11(15)9-5-4-8(14)7-10(9)18-12/h4-5,7H,3,6,15H2,1-2H3. The summed E-state index contributed by atoms with van der Waals surface area (Å²) in [7, 11) is 1.81. The number of rotatable bonds is 3. The van der Waals surface area contributed by atoms with Gasteiger partial charge in [-0.2, -0.15) is 0 Å². The van der Waals surface area contributed by atoms with E-state index in [1.165, 1.54) is 11.3 Å². The largest absolute Gasteiger partial charge is 0.397 e. The van der Waals surface area contributed by atoms with E-state index >= 15 is 0 Å². The Morgan fingerprint density at radius 1 is 1.50 bits per heavy atom. The van der Waals surface area contributed by atoms with Crippen molar-refractivity contribution in [2.45, 2.75) is 13.3 Å². The number of benzene rings is 1. The van der Waals surface area contributed by atoms with E-state index in [0.717, 1.165) is 27.5 Å². The molecular formula is C13H15BrN2OS. The highest BCUT2D eigenvalue weighted by molar-refractivity contribution is 9.10. The highest BCUT2D eigenvalue weighted by Gasteiger charge is 2.19. The molecule has 0 saturated heterocycles. The van der Waals surface area contributed by atoms with Gasteiger partial charge in [-0.3, -0.25) is 4.79 Å². The van der Waals surface area contributed by atoms with Crippen LogP contribution in [0.5, 0.6) is 0 Å². The Morgan fingerprint density at radius 2 is 2.22 bits per heavy atom. The quantitative estimate of drug-likeness (QED) is 0.934. The highest BCUT2D eigenvalue weighted by atomic mass is 79.9. The number of hydrogen-bond donors (Lipinski definition) is 1. The van der Waals surface area contributed by atoms with Crippen LogP contribution in [0.15, 0.2) is 22.7 Å². The number of fused-ring (bicyclic) bond motifs is 1. The Kier molecular flexibility index (Phi) is 3.92. The van der Waals surface area contributed by atoms with Crippen LogP contribution >= 0.6 is 27.3 Å². The number of thiophene rings is 1. The second-order valence-electron chi connectivity index (χ2n) is 4.21. The van der Waals surface area contributed by atoms with Gasteiger partial charge in [0, 0.05) is 28.2 Å². The second-order valence-corrected chi connectivity index (χ2v) is 6.18. The van der Waals surface area contributed by atoms with Gasteiger partial charge in [0.1, 0.15) is 4.88 Å². The molecule has 2 rings (SSSR count). The van der Waals surface area contributed by atoms with Gasteiger partial charge in [0.25, 0.3) is 5.91 Å². The zero-order valence-corrected chi connectivity index (χ0v) is 12.8. The maximum absolute atomic E-state index is 12.3. The number of carbonyl (C=O) groups is 1. The molecule has 0 aliphatic rings. The Labute approximate surface area is 119 Å². The summed E-state index contributed by atoms with van der Waals surface area (Å²) in [6, 6.07) is 5.88. The average molecular weight is 327 g/mol. The van der Waals surface area contributed by atoms with Crippen molar-refractivity contribution in [1.29, 1.82) is 0 Å². The van der Waals surface area contributed by atoms with Crippen LogP contribution in [0.25, 0.3) is 10.1 Å². The van der Waals surface area contributed by atoms with Crippen LogP contribution in [0.4, 0.5) is 5.69 Å². The van der Waals surface area contributed by atoms with E-state index in [1.807, 2.05) is 25.2 Å². The maximum atomic E-state index is 12.3. The van der Waals surface area contributed by atoms with Gasteiger partial charge in [-0.1, -0.05) is 28.9 Å². The molecular weight excluding hydrogens is 312 g/mol. The zero-order chi connectivity index (χ0) is 13.3. The lowest BCUT2D eigenvalue weighted by molar-refractivity contribution is 0.0801. The van der Waals surface area contributed by atoms with Gasteiger partial charge in [-0.25, -0.2) is 0 Å². The minimum Gasteiger partial charge on any atom is -0.397 e. The predicted octanol–water partition coefficient (Wildman–Crippen LogP) is 3.73. The fourth-order valence-electron chi connectivity index (χ4n) is 1.86. The summed E-state index contributed by atoms with van der Waals surface area (Å²) in [4.78, 5) is 14.6. The molecule has 2 aromatic rings. The third-order valence-corrected chi connectivity index (χ3v) is 4.44. The summed E-state index contributed by atoms with van der Waals surface area (Å²) < 4.78 is 2.03.